The van der Waals surface area contributed by atoms with Crippen molar-refractivity contribution >= 4 is 39.7 Å². The SMILES string of the molecule is COc1ccc(C(O)=C2C(=O)C(=O)N(c3nc(C)c(C(C)=O)s3)C2c2ccc(C)cc2)cc1. The second kappa shape index (κ2) is 8.63. The molecule has 0 radical (unpaired) electrons. The standard InChI is InChI=1S/C25H22N2O5S/c1-13-5-7-16(8-6-13)20-19(21(29)17-9-11-18(32-4)12-10-17)22(30)24(31)27(20)25-26-14(2)23(33-25)15(3)28/h5-12,20,29H,1-4H3. The highest BCUT2D eigenvalue weighted by Crippen LogP contribution is 2.44. The Bertz CT molecular complexity index is 1290. The molecular formula is C25H22N2O5S. The minimum absolute atomic E-state index is 0.0359. The van der Waals surface area contributed by atoms with Crippen LogP contribution in [-0.4, -0.2) is 34.7 Å². The van der Waals surface area contributed by atoms with E-state index >= 15 is 0 Å². The molecule has 1 unspecified atom stereocenters. The number of aryl methyl sites for hydroxylation is 2. The molecule has 1 amide bonds. The Balaban J connectivity index is 1.92. The number of carbonyl (C=O) groups excluding carboxylic acids is 3. The van der Waals surface area contributed by atoms with E-state index in [2.05, 4.69) is 4.98 Å². The Morgan fingerprint density at radius 3 is 2.24 bits per heavy atom. The maximum absolute atomic E-state index is 13.2. The summed E-state index contributed by atoms with van der Waals surface area (Å²) >= 11 is 1.06. The zero-order valence-corrected chi connectivity index (χ0v) is 19.4. The first-order valence-electron chi connectivity index (χ1n) is 10.2. The first kappa shape index (κ1) is 22.4. The van der Waals surface area contributed by atoms with E-state index in [0.29, 0.717) is 27.4 Å². The highest BCUT2D eigenvalue weighted by atomic mass is 32.1. The average molecular weight is 463 g/mol. The van der Waals surface area contributed by atoms with Crippen LogP contribution in [0.4, 0.5) is 5.13 Å². The van der Waals surface area contributed by atoms with E-state index in [4.69, 9.17) is 4.74 Å². The summed E-state index contributed by atoms with van der Waals surface area (Å²) in [7, 11) is 1.53. The van der Waals surface area contributed by atoms with Gasteiger partial charge < -0.3 is 9.84 Å². The third kappa shape index (κ3) is 3.93. The van der Waals surface area contributed by atoms with Crippen LogP contribution in [0.1, 0.15) is 45.0 Å². The number of thiazole rings is 1. The molecular weight excluding hydrogens is 440 g/mol. The highest BCUT2D eigenvalue weighted by Gasteiger charge is 2.48. The number of aromatic nitrogens is 1. The second-order valence-electron chi connectivity index (χ2n) is 7.78. The van der Waals surface area contributed by atoms with Gasteiger partial charge in [-0.05, 0) is 43.7 Å². The molecule has 2 aromatic carbocycles. The van der Waals surface area contributed by atoms with Gasteiger partial charge >= 0.3 is 5.91 Å². The Labute approximate surface area is 195 Å². The van der Waals surface area contributed by atoms with E-state index in [-0.39, 0.29) is 22.2 Å². The van der Waals surface area contributed by atoms with Gasteiger partial charge in [-0.1, -0.05) is 41.2 Å². The van der Waals surface area contributed by atoms with Crippen LogP contribution in [0.25, 0.3) is 5.76 Å². The number of ketones is 2. The fourth-order valence-electron chi connectivity index (χ4n) is 3.81. The molecule has 0 aliphatic carbocycles. The number of amides is 1. The predicted octanol–water partition coefficient (Wildman–Crippen LogP) is 4.60. The van der Waals surface area contributed by atoms with Gasteiger partial charge in [-0.3, -0.25) is 19.3 Å². The van der Waals surface area contributed by atoms with Crippen LogP contribution in [0.3, 0.4) is 0 Å². The summed E-state index contributed by atoms with van der Waals surface area (Å²) in [5, 5.41) is 11.4. The fraction of sp³-hybridized carbons (Fsp3) is 0.200. The quantitative estimate of drug-likeness (QED) is 0.258. The predicted molar refractivity (Wildman–Crippen MR) is 126 cm³/mol. The minimum atomic E-state index is -0.891. The molecule has 2 heterocycles. The molecule has 7 nitrogen and oxygen atoms in total. The van der Waals surface area contributed by atoms with Crippen LogP contribution >= 0.6 is 11.3 Å². The molecule has 33 heavy (non-hydrogen) atoms. The Kier molecular flexibility index (Phi) is 5.86. The van der Waals surface area contributed by atoms with E-state index in [1.165, 1.54) is 18.9 Å². The molecule has 0 spiro atoms. The van der Waals surface area contributed by atoms with Crippen molar-refractivity contribution < 1.29 is 24.2 Å². The molecule has 168 valence electrons. The number of hydrogen-bond donors (Lipinski definition) is 1. The normalized spacial score (nSPS) is 17.5. The molecule has 4 rings (SSSR count). The van der Waals surface area contributed by atoms with Crippen molar-refractivity contribution in [3.8, 4) is 5.75 Å². The van der Waals surface area contributed by atoms with E-state index < -0.39 is 17.7 Å². The Morgan fingerprint density at radius 2 is 1.70 bits per heavy atom. The summed E-state index contributed by atoms with van der Waals surface area (Å²) in [6.45, 7) is 5.05. The van der Waals surface area contributed by atoms with Crippen molar-refractivity contribution in [3.05, 3.63) is 81.4 Å². The molecule has 1 aromatic heterocycles. The Hall–Kier alpha value is -3.78. The van der Waals surface area contributed by atoms with Gasteiger partial charge in [-0.25, -0.2) is 4.98 Å². The smallest absolute Gasteiger partial charge is 0.301 e. The average Bonchev–Trinajstić information content (AvgIpc) is 3.31. The van der Waals surface area contributed by atoms with E-state index in [9.17, 15) is 19.5 Å². The zero-order valence-electron chi connectivity index (χ0n) is 18.6. The van der Waals surface area contributed by atoms with E-state index in [0.717, 1.165) is 16.9 Å². The van der Waals surface area contributed by atoms with E-state index in [1.807, 2.05) is 31.2 Å². The number of aliphatic hydroxyl groups is 1. The van der Waals surface area contributed by atoms with Crippen molar-refractivity contribution in [1.82, 2.24) is 4.98 Å². The van der Waals surface area contributed by atoms with Gasteiger partial charge in [0.15, 0.2) is 10.9 Å². The lowest BCUT2D eigenvalue weighted by molar-refractivity contribution is -0.132. The summed E-state index contributed by atoms with van der Waals surface area (Å²) in [4.78, 5) is 44.4. The molecule has 1 aliphatic heterocycles. The molecule has 1 saturated heterocycles. The lowest BCUT2D eigenvalue weighted by Gasteiger charge is -2.23. The number of carbonyl (C=O) groups is 3. The van der Waals surface area contributed by atoms with Crippen molar-refractivity contribution in [2.24, 2.45) is 0 Å². The topological polar surface area (TPSA) is 96.8 Å². The maximum atomic E-state index is 13.2. The first-order valence-corrected chi connectivity index (χ1v) is 11.0. The van der Waals surface area contributed by atoms with Crippen LogP contribution in [0.5, 0.6) is 5.75 Å². The molecule has 0 bridgehead atoms. The van der Waals surface area contributed by atoms with Crippen LogP contribution in [0.15, 0.2) is 54.1 Å². The molecule has 8 heteroatoms. The number of ether oxygens (including phenoxy) is 1. The van der Waals surface area contributed by atoms with Gasteiger partial charge in [-0.2, -0.15) is 0 Å². The molecule has 1 fully saturated rings. The van der Waals surface area contributed by atoms with Gasteiger partial charge in [0.05, 0.1) is 29.3 Å². The lowest BCUT2D eigenvalue weighted by Crippen LogP contribution is -2.29. The number of benzene rings is 2. The zero-order chi connectivity index (χ0) is 23.9. The summed E-state index contributed by atoms with van der Waals surface area (Å²) in [5.74, 6) is -1.48. The molecule has 1 aliphatic rings. The summed E-state index contributed by atoms with van der Waals surface area (Å²) in [6.07, 6.45) is 0. The number of rotatable bonds is 5. The summed E-state index contributed by atoms with van der Waals surface area (Å²) in [5.41, 5.74) is 2.49. The monoisotopic (exact) mass is 462 g/mol. The van der Waals surface area contributed by atoms with Gasteiger partial charge in [0.1, 0.15) is 11.5 Å². The van der Waals surface area contributed by atoms with Crippen molar-refractivity contribution in [2.75, 3.05) is 12.0 Å². The number of Topliss-reactive ketones (excluding diaryl/α,β-unsaturated/α-hetero) is 2. The molecule has 0 saturated carbocycles. The van der Waals surface area contributed by atoms with Crippen LogP contribution in [0, 0.1) is 13.8 Å². The van der Waals surface area contributed by atoms with Crippen molar-refractivity contribution in [2.45, 2.75) is 26.8 Å². The third-order valence-electron chi connectivity index (χ3n) is 5.51. The van der Waals surface area contributed by atoms with Crippen molar-refractivity contribution in [3.63, 3.8) is 0 Å². The molecule has 3 aromatic rings. The van der Waals surface area contributed by atoms with Crippen LogP contribution in [-0.2, 0) is 9.59 Å². The number of hydrogen-bond acceptors (Lipinski definition) is 7. The van der Waals surface area contributed by atoms with Gasteiger partial charge in [0.2, 0.25) is 0 Å². The summed E-state index contributed by atoms with van der Waals surface area (Å²) < 4.78 is 5.16. The van der Waals surface area contributed by atoms with Gasteiger partial charge in [-0.15, -0.1) is 0 Å². The van der Waals surface area contributed by atoms with Crippen LogP contribution < -0.4 is 9.64 Å². The minimum Gasteiger partial charge on any atom is -0.507 e. The first-order chi connectivity index (χ1) is 15.7. The number of aliphatic hydroxyl groups excluding tert-OH is 1. The van der Waals surface area contributed by atoms with Gasteiger partial charge in [0, 0.05) is 12.5 Å². The van der Waals surface area contributed by atoms with Crippen LogP contribution in [0.2, 0.25) is 0 Å². The number of methoxy groups -OCH3 is 1. The van der Waals surface area contributed by atoms with Crippen molar-refractivity contribution in [1.29, 1.82) is 0 Å². The molecule has 1 atom stereocenters. The maximum Gasteiger partial charge on any atom is 0.301 e. The summed E-state index contributed by atoms with van der Waals surface area (Å²) in [6, 6.07) is 13.0. The highest BCUT2D eigenvalue weighted by molar-refractivity contribution is 7.18. The second-order valence-corrected chi connectivity index (χ2v) is 8.75. The largest absolute Gasteiger partial charge is 0.507 e. The van der Waals surface area contributed by atoms with Gasteiger partial charge in [0.25, 0.3) is 5.78 Å². The lowest BCUT2D eigenvalue weighted by atomic mass is 9.95. The number of nitrogens with zero attached hydrogens (tertiary/aromatic N) is 2. The third-order valence-corrected chi connectivity index (χ3v) is 6.77. The fourth-order valence-corrected chi connectivity index (χ4v) is 4.80. The Morgan fingerprint density at radius 1 is 1.06 bits per heavy atom. The number of anilines is 1. The molecule has 1 N–H and O–H groups in total. The van der Waals surface area contributed by atoms with E-state index in [1.54, 1.807) is 31.2 Å².